The summed E-state index contributed by atoms with van der Waals surface area (Å²) in [5.74, 6) is -0.374. The Labute approximate surface area is 106 Å². The molecule has 0 heterocycles. The van der Waals surface area contributed by atoms with E-state index in [1.807, 2.05) is 6.92 Å². The van der Waals surface area contributed by atoms with Crippen LogP contribution in [0.1, 0.15) is 32.3 Å². The molecule has 0 radical (unpaired) electrons. The Morgan fingerprint density at radius 2 is 2.24 bits per heavy atom. The van der Waals surface area contributed by atoms with E-state index in [2.05, 4.69) is 0 Å². The molecular weight excluding hydrogens is 241 g/mol. The van der Waals surface area contributed by atoms with Gasteiger partial charge in [-0.3, -0.25) is 0 Å². The molecule has 0 fully saturated rings. The van der Waals surface area contributed by atoms with Crippen molar-refractivity contribution in [3.8, 4) is 5.75 Å². The van der Waals surface area contributed by atoms with Gasteiger partial charge < -0.3 is 10.5 Å². The van der Waals surface area contributed by atoms with Crippen LogP contribution in [0.15, 0.2) is 18.2 Å². The van der Waals surface area contributed by atoms with Crippen LogP contribution in [-0.4, -0.2) is 6.61 Å². The van der Waals surface area contributed by atoms with Crippen LogP contribution < -0.4 is 10.5 Å². The molecule has 0 aliphatic heterocycles. The average Bonchev–Trinajstić information content (AvgIpc) is 2.31. The molecule has 1 aromatic rings. The van der Waals surface area contributed by atoms with Crippen LogP contribution in [0, 0.1) is 5.82 Å². The first-order chi connectivity index (χ1) is 8.10. The molecule has 0 atom stereocenters. The second kappa shape index (κ2) is 6.50. The Morgan fingerprint density at radius 3 is 2.76 bits per heavy atom. The van der Waals surface area contributed by atoms with Gasteiger partial charge in [-0.25, -0.2) is 4.39 Å². The molecule has 94 valence electrons. The molecule has 2 N–H and O–H groups in total. The quantitative estimate of drug-likeness (QED) is 0.810. The molecule has 0 unspecified atom stereocenters. The molecule has 0 bridgehead atoms. The van der Waals surface area contributed by atoms with Gasteiger partial charge in [0, 0.05) is 11.3 Å². The van der Waals surface area contributed by atoms with E-state index in [1.54, 1.807) is 19.1 Å². The summed E-state index contributed by atoms with van der Waals surface area (Å²) in [5, 5.41) is 0.251. The predicted octanol–water partition coefficient (Wildman–Crippen LogP) is 3.98. The summed E-state index contributed by atoms with van der Waals surface area (Å²) in [6.07, 6.45) is 3.56. The van der Waals surface area contributed by atoms with Crippen LogP contribution in [-0.2, 0) is 0 Å². The molecule has 4 heteroatoms. The fraction of sp³-hybridized carbons (Fsp3) is 0.385. The Kier molecular flexibility index (Phi) is 5.29. The topological polar surface area (TPSA) is 35.2 Å². The second-order valence-electron chi connectivity index (χ2n) is 3.72. The van der Waals surface area contributed by atoms with Crippen LogP contribution in [0.5, 0.6) is 5.75 Å². The average molecular weight is 258 g/mol. The summed E-state index contributed by atoms with van der Waals surface area (Å²) in [6, 6.07) is 2.95. The number of halogens is 2. The first-order valence-corrected chi connectivity index (χ1v) is 6.02. The Balaban J connectivity index is 2.94. The number of rotatable bonds is 5. The maximum Gasteiger partial charge on any atom is 0.173 e. The van der Waals surface area contributed by atoms with Crippen molar-refractivity contribution in [2.75, 3.05) is 6.61 Å². The van der Waals surface area contributed by atoms with Gasteiger partial charge in [-0.2, -0.15) is 0 Å². The van der Waals surface area contributed by atoms with E-state index >= 15 is 0 Å². The summed E-state index contributed by atoms with van der Waals surface area (Å²) < 4.78 is 19.1. The lowest BCUT2D eigenvalue weighted by Crippen LogP contribution is -2.02. The first-order valence-electron chi connectivity index (χ1n) is 5.64. The van der Waals surface area contributed by atoms with Gasteiger partial charge in [-0.05, 0) is 25.5 Å². The SMILES string of the molecule is C/C=C(\N)c1cc(F)c(OCCCC)c(Cl)c1. The standard InChI is InChI=1S/C13H17ClFNO/c1-3-5-6-17-13-10(14)7-9(8-11(13)15)12(16)4-2/h4,7-8H,3,5-6,16H2,1-2H3/b12-4-. The summed E-state index contributed by atoms with van der Waals surface area (Å²) in [5.41, 5.74) is 6.76. The highest BCUT2D eigenvalue weighted by Gasteiger charge is 2.11. The van der Waals surface area contributed by atoms with E-state index in [1.165, 1.54) is 6.07 Å². The lowest BCUT2D eigenvalue weighted by molar-refractivity contribution is 0.294. The molecule has 0 saturated heterocycles. The molecule has 0 aromatic heterocycles. The van der Waals surface area contributed by atoms with Crippen LogP contribution >= 0.6 is 11.6 Å². The smallest absolute Gasteiger partial charge is 0.173 e. The van der Waals surface area contributed by atoms with Gasteiger partial charge in [0.2, 0.25) is 0 Å². The minimum atomic E-state index is -0.478. The van der Waals surface area contributed by atoms with E-state index in [9.17, 15) is 4.39 Å². The highest BCUT2D eigenvalue weighted by atomic mass is 35.5. The molecule has 1 rings (SSSR count). The zero-order valence-electron chi connectivity index (χ0n) is 10.1. The Hall–Kier alpha value is -1.22. The zero-order chi connectivity index (χ0) is 12.8. The van der Waals surface area contributed by atoms with Gasteiger partial charge in [0.1, 0.15) is 0 Å². The van der Waals surface area contributed by atoms with Gasteiger partial charge in [-0.15, -0.1) is 0 Å². The third-order valence-corrected chi connectivity index (χ3v) is 2.67. The van der Waals surface area contributed by atoms with Crippen molar-refractivity contribution in [1.29, 1.82) is 0 Å². The van der Waals surface area contributed by atoms with Gasteiger partial charge in [0.05, 0.1) is 11.6 Å². The summed E-state index contributed by atoms with van der Waals surface area (Å²) >= 11 is 5.97. The Morgan fingerprint density at radius 1 is 1.53 bits per heavy atom. The van der Waals surface area contributed by atoms with Gasteiger partial charge in [0.15, 0.2) is 11.6 Å². The molecule has 0 aliphatic rings. The molecule has 1 aromatic carbocycles. The van der Waals surface area contributed by atoms with Crippen molar-refractivity contribution in [3.63, 3.8) is 0 Å². The van der Waals surface area contributed by atoms with Crippen molar-refractivity contribution in [2.45, 2.75) is 26.7 Å². The highest BCUT2D eigenvalue weighted by Crippen LogP contribution is 2.30. The summed E-state index contributed by atoms with van der Waals surface area (Å²) in [4.78, 5) is 0. The van der Waals surface area contributed by atoms with Crippen molar-refractivity contribution < 1.29 is 9.13 Å². The fourth-order valence-electron chi connectivity index (χ4n) is 1.35. The predicted molar refractivity (Wildman–Crippen MR) is 69.7 cm³/mol. The van der Waals surface area contributed by atoms with Crippen LogP contribution in [0.25, 0.3) is 5.70 Å². The van der Waals surface area contributed by atoms with Gasteiger partial charge in [-0.1, -0.05) is 31.0 Å². The lowest BCUT2D eigenvalue weighted by Gasteiger charge is -2.10. The van der Waals surface area contributed by atoms with Crippen molar-refractivity contribution >= 4 is 17.3 Å². The summed E-state index contributed by atoms with van der Waals surface area (Å²) in [6.45, 7) is 4.29. The number of allylic oxidation sites excluding steroid dienone is 1. The van der Waals surface area contributed by atoms with E-state index in [0.717, 1.165) is 12.8 Å². The summed E-state index contributed by atoms with van der Waals surface area (Å²) in [7, 11) is 0. The largest absolute Gasteiger partial charge is 0.489 e. The minimum absolute atomic E-state index is 0.104. The van der Waals surface area contributed by atoms with Crippen LogP contribution in [0.3, 0.4) is 0 Å². The van der Waals surface area contributed by atoms with Crippen molar-refractivity contribution in [1.82, 2.24) is 0 Å². The number of benzene rings is 1. The highest BCUT2D eigenvalue weighted by molar-refractivity contribution is 6.32. The number of ether oxygens (including phenoxy) is 1. The molecule has 0 aliphatic carbocycles. The minimum Gasteiger partial charge on any atom is -0.489 e. The first kappa shape index (κ1) is 13.8. The van der Waals surface area contributed by atoms with E-state index < -0.39 is 5.82 Å². The Bertz CT molecular complexity index is 395. The van der Waals surface area contributed by atoms with Crippen molar-refractivity contribution in [2.24, 2.45) is 5.73 Å². The monoisotopic (exact) mass is 257 g/mol. The van der Waals surface area contributed by atoms with Crippen molar-refractivity contribution in [3.05, 3.63) is 34.6 Å². The third kappa shape index (κ3) is 3.63. The maximum atomic E-state index is 13.7. The van der Waals surface area contributed by atoms with Crippen LogP contribution in [0.4, 0.5) is 4.39 Å². The fourth-order valence-corrected chi connectivity index (χ4v) is 1.61. The van der Waals surface area contributed by atoms with E-state index in [0.29, 0.717) is 17.9 Å². The number of unbranched alkanes of at least 4 members (excludes halogenated alkanes) is 1. The van der Waals surface area contributed by atoms with E-state index in [4.69, 9.17) is 22.1 Å². The molecule has 0 spiro atoms. The van der Waals surface area contributed by atoms with E-state index in [-0.39, 0.29) is 10.8 Å². The number of hydrogen-bond acceptors (Lipinski definition) is 2. The molecular formula is C13H17ClFNO. The lowest BCUT2D eigenvalue weighted by atomic mass is 10.1. The number of hydrogen-bond donors (Lipinski definition) is 1. The molecule has 17 heavy (non-hydrogen) atoms. The maximum absolute atomic E-state index is 13.7. The number of nitrogens with two attached hydrogens (primary N) is 1. The second-order valence-corrected chi connectivity index (χ2v) is 4.12. The third-order valence-electron chi connectivity index (χ3n) is 2.39. The molecule has 0 saturated carbocycles. The molecule has 0 amide bonds. The zero-order valence-corrected chi connectivity index (χ0v) is 10.9. The normalized spacial score (nSPS) is 11.6. The van der Waals surface area contributed by atoms with Gasteiger partial charge in [0.25, 0.3) is 0 Å². The molecule has 2 nitrogen and oxygen atoms in total. The van der Waals surface area contributed by atoms with Gasteiger partial charge >= 0.3 is 0 Å². The van der Waals surface area contributed by atoms with Crippen LogP contribution in [0.2, 0.25) is 5.02 Å².